The first-order chi connectivity index (χ1) is 15.4. The van der Waals surface area contributed by atoms with E-state index in [-0.39, 0.29) is 35.6 Å². The second kappa shape index (κ2) is 10.1. The van der Waals surface area contributed by atoms with E-state index in [1.54, 1.807) is 11.9 Å². The van der Waals surface area contributed by atoms with Gasteiger partial charge in [0.05, 0.1) is 37.4 Å². The zero-order valence-electron chi connectivity index (χ0n) is 18.1. The fourth-order valence-corrected chi connectivity index (χ4v) is 3.51. The molecule has 1 aromatic rings. The minimum Gasteiger partial charge on any atom is -0.404 e. The molecule has 1 amide bonds. The zero-order valence-corrected chi connectivity index (χ0v) is 18.1. The third-order valence-electron chi connectivity index (χ3n) is 5.32. The van der Waals surface area contributed by atoms with E-state index in [1.807, 2.05) is 6.07 Å². The van der Waals surface area contributed by atoms with Gasteiger partial charge in [0.25, 0.3) is 0 Å². The van der Waals surface area contributed by atoms with Gasteiger partial charge in [-0.2, -0.15) is 5.26 Å². The molecule has 0 aliphatic carbocycles. The number of aliphatic imine (C=N–C) groups is 2. The van der Waals surface area contributed by atoms with Gasteiger partial charge in [-0.3, -0.25) is 9.79 Å². The number of benzene rings is 1. The molecule has 168 valence electrons. The smallest absolute Gasteiger partial charge is 0.219 e. The van der Waals surface area contributed by atoms with E-state index in [9.17, 15) is 14.4 Å². The van der Waals surface area contributed by atoms with Crippen molar-refractivity contribution in [3.8, 4) is 6.07 Å². The molecule has 2 heterocycles. The average molecular weight is 439 g/mol. The standard InChI is InChI=1S/C22H26FN7O2/c1-13(31)30-4-3-20(28-16-11-32-12-16)18(10-30)22(26)29-21-5-14(7-24)17(6-19(21)23)15(8-25)9-27-2/h5-6,8-9,16,28H,3-4,10-12,25H2,1-2H3,(H2,26,29). The number of allylic oxidation sites excluding steroid dienone is 1. The van der Waals surface area contributed by atoms with Gasteiger partial charge in [-0.25, -0.2) is 9.38 Å². The second-order valence-electron chi connectivity index (χ2n) is 7.49. The monoisotopic (exact) mass is 439 g/mol. The van der Waals surface area contributed by atoms with Crippen molar-refractivity contribution >= 4 is 29.2 Å². The normalized spacial score (nSPS) is 18.0. The van der Waals surface area contributed by atoms with Crippen LogP contribution < -0.4 is 16.8 Å². The molecular formula is C22H26FN7O2. The highest BCUT2D eigenvalue weighted by Gasteiger charge is 2.27. The van der Waals surface area contributed by atoms with Crippen LogP contribution >= 0.6 is 0 Å². The zero-order chi connectivity index (χ0) is 23.3. The van der Waals surface area contributed by atoms with Crippen LogP contribution in [0.2, 0.25) is 0 Å². The highest BCUT2D eigenvalue weighted by Crippen LogP contribution is 2.28. The topological polar surface area (TPSA) is 142 Å². The van der Waals surface area contributed by atoms with Gasteiger partial charge in [0.1, 0.15) is 17.3 Å². The van der Waals surface area contributed by atoms with Crippen molar-refractivity contribution in [1.29, 1.82) is 5.26 Å². The molecule has 0 aromatic heterocycles. The second-order valence-corrected chi connectivity index (χ2v) is 7.49. The number of nitriles is 1. The van der Waals surface area contributed by atoms with Crippen LogP contribution in [0.3, 0.4) is 0 Å². The Bertz CT molecular complexity index is 1060. The number of ether oxygens (including phenoxy) is 1. The Morgan fingerprint density at radius 1 is 1.44 bits per heavy atom. The lowest BCUT2D eigenvalue weighted by Crippen LogP contribution is -2.49. The van der Waals surface area contributed by atoms with Gasteiger partial charge in [0.2, 0.25) is 5.91 Å². The minimum atomic E-state index is -0.660. The Hall–Kier alpha value is -3.71. The summed E-state index contributed by atoms with van der Waals surface area (Å²) in [4.78, 5) is 21.7. The molecule has 1 aromatic carbocycles. The number of carbonyl (C=O) groups excluding carboxylic acids is 1. The van der Waals surface area contributed by atoms with Crippen LogP contribution in [-0.2, 0) is 9.53 Å². The predicted molar refractivity (Wildman–Crippen MR) is 121 cm³/mol. The molecule has 10 heteroatoms. The maximum Gasteiger partial charge on any atom is 0.219 e. The van der Waals surface area contributed by atoms with E-state index in [1.165, 1.54) is 31.5 Å². The number of amidine groups is 1. The van der Waals surface area contributed by atoms with E-state index in [0.29, 0.717) is 42.9 Å². The van der Waals surface area contributed by atoms with Crippen molar-refractivity contribution in [3.63, 3.8) is 0 Å². The Kier molecular flexibility index (Phi) is 7.22. The molecule has 2 aliphatic heterocycles. The van der Waals surface area contributed by atoms with Crippen molar-refractivity contribution in [2.24, 2.45) is 21.5 Å². The Balaban J connectivity index is 2.01. The van der Waals surface area contributed by atoms with E-state index in [2.05, 4.69) is 15.3 Å². The van der Waals surface area contributed by atoms with Crippen molar-refractivity contribution in [2.45, 2.75) is 19.4 Å². The van der Waals surface area contributed by atoms with Gasteiger partial charge in [0, 0.05) is 61.8 Å². The maximum atomic E-state index is 14.9. The van der Waals surface area contributed by atoms with Crippen LogP contribution in [0.5, 0.6) is 0 Å². The summed E-state index contributed by atoms with van der Waals surface area (Å²) >= 11 is 0. The summed E-state index contributed by atoms with van der Waals surface area (Å²) in [7, 11) is 1.55. The van der Waals surface area contributed by atoms with Crippen molar-refractivity contribution in [1.82, 2.24) is 10.2 Å². The van der Waals surface area contributed by atoms with Crippen molar-refractivity contribution < 1.29 is 13.9 Å². The Labute approximate surface area is 185 Å². The maximum absolute atomic E-state index is 14.9. The van der Waals surface area contributed by atoms with Gasteiger partial charge < -0.3 is 26.4 Å². The molecule has 1 fully saturated rings. The fourth-order valence-electron chi connectivity index (χ4n) is 3.51. The highest BCUT2D eigenvalue weighted by atomic mass is 19.1. The number of amides is 1. The number of nitrogens with one attached hydrogen (secondary N) is 1. The van der Waals surface area contributed by atoms with Crippen LogP contribution in [-0.4, -0.2) is 62.3 Å². The molecule has 2 aliphatic rings. The quantitative estimate of drug-likeness (QED) is 0.449. The van der Waals surface area contributed by atoms with Gasteiger partial charge in [-0.15, -0.1) is 0 Å². The molecule has 0 atom stereocenters. The summed E-state index contributed by atoms with van der Waals surface area (Å²) in [6.45, 7) is 3.48. The SMILES string of the molecule is CN=CC(=CN)c1cc(F)c(N=C(N)C2=C(NC3COC3)CCN(C(C)=O)C2)cc1C#N. The summed E-state index contributed by atoms with van der Waals surface area (Å²) in [6.07, 6.45) is 3.27. The number of carbonyl (C=O) groups is 1. The van der Waals surface area contributed by atoms with E-state index >= 15 is 0 Å². The first-order valence-corrected chi connectivity index (χ1v) is 10.1. The number of nitrogens with two attached hydrogens (primary N) is 2. The van der Waals surface area contributed by atoms with Gasteiger partial charge in [0.15, 0.2) is 0 Å². The van der Waals surface area contributed by atoms with Gasteiger partial charge in [-0.1, -0.05) is 0 Å². The molecule has 0 radical (unpaired) electrons. The number of hydrogen-bond acceptors (Lipinski definition) is 7. The molecule has 0 unspecified atom stereocenters. The van der Waals surface area contributed by atoms with Crippen molar-refractivity contribution in [2.75, 3.05) is 33.4 Å². The third kappa shape index (κ3) is 4.95. The van der Waals surface area contributed by atoms with Crippen molar-refractivity contribution in [3.05, 3.63) is 46.5 Å². The van der Waals surface area contributed by atoms with Crippen LogP contribution in [0.4, 0.5) is 10.1 Å². The molecule has 1 saturated heterocycles. The first kappa shape index (κ1) is 23.0. The first-order valence-electron chi connectivity index (χ1n) is 10.1. The van der Waals surface area contributed by atoms with Crippen LogP contribution in [0.15, 0.2) is 39.6 Å². The number of nitrogens with zero attached hydrogens (tertiary/aromatic N) is 4. The number of hydrogen-bond donors (Lipinski definition) is 3. The van der Waals surface area contributed by atoms with Gasteiger partial charge in [-0.05, 0) is 12.1 Å². The largest absolute Gasteiger partial charge is 0.404 e. The Morgan fingerprint density at radius 3 is 2.75 bits per heavy atom. The number of halogens is 1. The lowest BCUT2D eigenvalue weighted by Gasteiger charge is -2.35. The molecule has 3 rings (SSSR count). The lowest BCUT2D eigenvalue weighted by atomic mass is 10.00. The number of rotatable bonds is 6. The molecule has 5 N–H and O–H groups in total. The molecule has 9 nitrogen and oxygen atoms in total. The summed E-state index contributed by atoms with van der Waals surface area (Å²) in [5.41, 5.74) is 14.2. The highest BCUT2D eigenvalue weighted by molar-refractivity contribution is 6.10. The molecule has 0 bridgehead atoms. The summed E-state index contributed by atoms with van der Waals surface area (Å²) < 4.78 is 20.1. The van der Waals surface area contributed by atoms with E-state index in [0.717, 1.165) is 5.70 Å². The fraction of sp³-hybridized carbons (Fsp3) is 0.364. The molecule has 32 heavy (non-hydrogen) atoms. The third-order valence-corrected chi connectivity index (χ3v) is 5.32. The summed E-state index contributed by atoms with van der Waals surface area (Å²) in [5, 5.41) is 12.9. The van der Waals surface area contributed by atoms with Crippen LogP contribution in [0.25, 0.3) is 5.57 Å². The summed E-state index contributed by atoms with van der Waals surface area (Å²) in [5.74, 6) is -0.659. The van der Waals surface area contributed by atoms with E-state index in [4.69, 9.17) is 16.2 Å². The van der Waals surface area contributed by atoms with Gasteiger partial charge >= 0.3 is 0 Å². The average Bonchev–Trinajstić information content (AvgIpc) is 2.75. The molecular weight excluding hydrogens is 413 g/mol. The summed E-state index contributed by atoms with van der Waals surface area (Å²) in [6, 6.07) is 4.71. The molecule has 0 spiro atoms. The van der Waals surface area contributed by atoms with Crippen LogP contribution in [0, 0.1) is 17.1 Å². The van der Waals surface area contributed by atoms with E-state index < -0.39 is 5.82 Å². The van der Waals surface area contributed by atoms with Crippen LogP contribution in [0.1, 0.15) is 24.5 Å². The predicted octanol–water partition coefficient (Wildman–Crippen LogP) is 1.18. The molecule has 0 saturated carbocycles. The Morgan fingerprint density at radius 2 is 2.19 bits per heavy atom. The lowest BCUT2D eigenvalue weighted by molar-refractivity contribution is -0.128. The minimum absolute atomic E-state index is 0.0774.